The molecule has 1 amide bonds. The average Bonchev–Trinajstić information content (AvgIpc) is 3.13. The van der Waals surface area contributed by atoms with Crippen molar-refractivity contribution in [3.05, 3.63) is 53.9 Å². The van der Waals surface area contributed by atoms with Gasteiger partial charge in [0, 0.05) is 58.7 Å². The van der Waals surface area contributed by atoms with E-state index in [9.17, 15) is 4.79 Å². The van der Waals surface area contributed by atoms with Gasteiger partial charge in [0.1, 0.15) is 6.04 Å². The molecule has 2 aliphatic heterocycles. The molecule has 0 N–H and O–H groups in total. The minimum atomic E-state index is 0.0339. The summed E-state index contributed by atoms with van der Waals surface area (Å²) in [6.45, 7) is 6.41. The van der Waals surface area contributed by atoms with Gasteiger partial charge in [0.2, 0.25) is 5.91 Å². The second-order valence-electron chi connectivity index (χ2n) is 7.07. The Morgan fingerprint density at radius 2 is 1.76 bits per heavy atom. The predicted molar refractivity (Wildman–Crippen MR) is 96.0 cm³/mol. The van der Waals surface area contributed by atoms with Crippen LogP contribution in [0.3, 0.4) is 0 Å². The van der Waals surface area contributed by atoms with Gasteiger partial charge in [0.05, 0.1) is 6.54 Å². The minimum absolute atomic E-state index is 0.0339. The van der Waals surface area contributed by atoms with Gasteiger partial charge in [-0.25, -0.2) is 0 Å². The summed E-state index contributed by atoms with van der Waals surface area (Å²) >= 11 is 0. The van der Waals surface area contributed by atoms with E-state index in [1.165, 1.54) is 11.1 Å². The largest absolute Gasteiger partial charge is 0.343 e. The predicted octanol–water partition coefficient (Wildman–Crippen LogP) is 0.890. The van der Waals surface area contributed by atoms with E-state index in [2.05, 4.69) is 39.2 Å². The van der Waals surface area contributed by atoms with Gasteiger partial charge >= 0.3 is 0 Å². The quantitative estimate of drug-likeness (QED) is 0.830. The van der Waals surface area contributed by atoms with E-state index < -0.39 is 0 Å². The number of hydrogen-bond acceptors (Lipinski definition) is 4. The number of aromatic nitrogens is 2. The first-order valence-corrected chi connectivity index (χ1v) is 8.96. The Balaban J connectivity index is 1.36. The number of hydrogen-bond donors (Lipinski definition) is 0. The Kier molecular flexibility index (Phi) is 4.55. The van der Waals surface area contributed by atoms with Crippen LogP contribution in [-0.2, 0) is 17.9 Å². The molecule has 6 nitrogen and oxygen atoms in total. The maximum atomic E-state index is 12.4. The summed E-state index contributed by atoms with van der Waals surface area (Å²) in [5.74, 6) is 0.269. The van der Waals surface area contributed by atoms with E-state index in [1.807, 2.05) is 28.9 Å². The third-order valence-electron chi connectivity index (χ3n) is 5.29. The summed E-state index contributed by atoms with van der Waals surface area (Å²) in [5.41, 5.74) is 2.55. The molecule has 132 valence electrons. The lowest BCUT2D eigenvalue weighted by Crippen LogP contribution is -2.63. The number of carbonyl (C=O) groups excluding carboxylic acids is 1. The number of carbonyl (C=O) groups is 1. The van der Waals surface area contributed by atoms with E-state index in [0.29, 0.717) is 0 Å². The Bertz CT molecular complexity index is 712. The van der Waals surface area contributed by atoms with Crippen LogP contribution in [-0.4, -0.2) is 76.2 Å². The van der Waals surface area contributed by atoms with Crippen LogP contribution in [0.5, 0.6) is 0 Å². The van der Waals surface area contributed by atoms with Crippen molar-refractivity contribution in [3.63, 3.8) is 0 Å². The summed E-state index contributed by atoms with van der Waals surface area (Å²) in [7, 11) is 1.91. The third-order valence-corrected chi connectivity index (χ3v) is 5.29. The standard InChI is InChI=1S/C19H25N5O/c1-21-9-11-23-12-10-22(15-18(23)19(21)25)13-16-3-5-17(6-4-16)14-24-8-2-7-20-24/h2-8,18H,9-15H2,1H3/t18-/m1/s1. The second-order valence-corrected chi connectivity index (χ2v) is 7.07. The number of piperazine rings is 2. The molecule has 2 saturated heterocycles. The van der Waals surface area contributed by atoms with Gasteiger partial charge in [0.25, 0.3) is 0 Å². The number of likely N-dealkylation sites (N-methyl/N-ethyl adjacent to an activating group) is 1. The van der Waals surface area contributed by atoms with Crippen molar-refractivity contribution in [1.29, 1.82) is 0 Å². The zero-order valence-corrected chi connectivity index (χ0v) is 14.7. The maximum absolute atomic E-state index is 12.4. The minimum Gasteiger partial charge on any atom is -0.343 e. The van der Waals surface area contributed by atoms with Crippen molar-refractivity contribution in [3.8, 4) is 0 Å². The van der Waals surface area contributed by atoms with E-state index >= 15 is 0 Å². The number of amides is 1. The highest BCUT2D eigenvalue weighted by Gasteiger charge is 2.36. The number of nitrogens with zero attached hydrogens (tertiary/aromatic N) is 5. The van der Waals surface area contributed by atoms with Crippen LogP contribution in [0, 0.1) is 0 Å². The monoisotopic (exact) mass is 339 g/mol. The van der Waals surface area contributed by atoms with Crippen LogP contribution in [0.1, 0.15) is 11.1 Å². The molecule has 3 heterocycles. The lowest BCUT2D eigenvalue weighted by molar-refractivity contribution is -0.143. The smallest absolute Gasteiger partial charge is 0.241 e. The third kappa shape index (κ3) is 3.60. The number of fused-ring (bicyclic) bond motifs is 1. The summed E-state index contributed by atoms with van der Waals surface area (Å²) in [6.07, 6.45) is 3.78. The van der Waals surface area contributed by atoms with Crippen LogP contribution in [0.2, 0.25) is 0 Å². The van der Waals surface area contributed by atoms with E-state index in [-0.39, 0.29) is 11.9 Å². The molecule has 0 bridgehead atoms. The first-order chi connectivity index (χ1) is 12.2. The Morgan fingerprint density at radius 1 is 1.04 bits per heavy atom. The normalized spacial score (nSPS) is 22.2. The molecule has 0 unspecified atom stereocenters. The summed E-state index contributed by atoms with van der Waals surface area (Å²) in [4.78, 5) is 19.0. The molecule has 2 aliphatic rings. The van der Waals surface area contributed by atoms with Gasteiger partial charge in [0.15, 0.2) is 0 Å². The van der Waals surface area contributed by atoms with Crippen molar-refractivity contribution in [2.45, 2.75) is 19.1 Å². The van der Waals surface area contributed by atoms with Crippen LogP contribution in [0.25, 0.3) is 0 Å². The molecule has 1 aromatic heterocycles. The zero-order valence-electron chi connectivity index (χ0n) is 14.7. The SMILES string of the molecule is CN1CCN2CCN(Cc3ccc(Cn4cccn4)cc3)C[C@@H]2C1=O. The summed E-state index contributed by atoms with van der Waals surface area (Å²) in [5, 5.41) is 4.25. The van der Waals surface area contributed by atoms with Gasteiger partial charge < -0.3 is 4.90 Å². The number of rotatable bonds is 4. The van der Waals surface area contributed by atoms with E-state index in [4.69, 9.17) is 0 Å². The molecule has 6 heteroatoms. The molecule has 2 aromatic rings. The average molecular weight is 339 g/mol. The highest BCUT2D eigenvalue weighted by molar-refractivity contribution is 5.82. The van der Waals surface area contributed by atoms with E-state index in [1.54, 1.807) is 6.20 Å². The molecule has 25 heavy (non-hydrogen) atoms. The summed E-state index contributed by atoms with van der Waals surface area (Å²) in [6, 6.07) is 10.7. The highest BCUT2D eigenvalue weighted by Crippen LogP contribution is 2.18. The fourth-order valence-electron chi connectivity index (χ4n) is 3.75. The zero-order chi connectivity index (χ0) is 17.2. The Labute approximate surface area is 148 Å². The van der Waals surface area contributed by atoms with Gasteiger partial charge in [-0.1, -0.05) is 24.3 Å². The molecular weight excluding hydrogens is 314 g/mol. The Morgan fingerprint density at radius 3 is 2.48 bits per heavy atom. The first-order valence-electron chi connectivity index (χ1n) is 8.96. The van der Waals surface area contributed by atoms with Gasteiger partial charge in [-0.05, 0) is 17.2 Å². The first kappa shape index (κ1) is 16.3. The van der Waals surface area contributed by atoms with Gasteiger partial charge in [-0.15, -0.1) is 0 Å². The molecule has 0 saturated carbocycles. The van der Waals surface area contributed by atoms with E-state index in [0.717, 1.165) is 45.8 Å². The van der Waals surface area contributed by atoms with Gasteiger partial charge in [-0.2, -0.15) is 5.10 Å². The molecule has 2 fully saturated rings. The van der Waals surface area contributed by atoms with Crippen molar-refractivity contribution in [1.82, 2.24) is 24.5 Å². The lowest BCUT2D eigenvalue weighted by atomic mass is 10.1. The van der Waals surface area contributed by atoms with Crippen LogP contribution in [0.15, 0.2) is 42.7 Å². The Hall–Kier alpha value is -2.18. The second kappa shape index (κ2) is 6.98. The molecule has 1 aromatic carbocycles. The van der Waals surface area contributed by atoms with Crippen molar-refractivity contribution in [2.24, 2.45) is 0 Å². The lowest BCUT2D eigenvalue weighted by Gasteiger charge is -2.45. The fraction of sp³-hybridized carbons (Fsp3) is 0.474. The van der Waals surface area contributed by atoms with Gasteiger partial charge in [-0.3, -0.25) is 19.3 Å². The highest BCUT2D eigenvalue weighted by atomic mass is 16.2. The molecule has 4 rings (SSSR count). The summed E-state index contributed by atoms with van der Waals surface area (Å²) < 4.78 is 1.93. The van der Waals surface area contributed by atoms with Crippen molar-refractivity contribution < 1.29 is 4.79 Å². The number of benzene rings is 1. The maximum Gasteiger partial charge on any atom is 0.241 e. The van der Waals surface area contributed by atoms with Crippen LogP contribution < -0.4 is 0 Å². The van der Waals surface area contributed by atoms with Crippen LogP contribution in [0.4, 0.5) is 0 Å². The molecule has 1 atom stereocenters. The fourth-order valence-corrected chi connectivity index (χ4v) is 3.75. The molecular formula is C19H25N5O. The van der Waals surface area contributed by atoms with Crippen molar-refractivity contribution >= 4 is 5.91 Å². The molecule has 0 aliphatic carbocycles. The molecule has 0 radical (unpaired) electrons. The van der Waals surface area contributed by atoms with Crippen LogP contribution >= 0.6 is 0 Å². The van der Waals surface area contributed by atoms with Crippen molar-refractivity contribution in [2.75, 3.05) is 39.8 Å². The molecule has 0 spiro atoms. The topological polar surface area (TPSA) is 44.6 Å².